The standard InChI is InChI=1S/C17H28O2/c1-10(2)17-8-7-16(6,11(3)12(17)4)13(5)14(17)9-15(18)19/h10,13-14H,7-9H2,1-6H3,(H,18,19). The summed E-state index contributed by atoms with van der Waals surface area (Å²) in [6, 6.07) is 0. The highest BCUT2D eigenvalue weighted by Crippen LogP contribution is 2.67. The maximum atomic E-state index is 11.3. The van der Waals surface area contributed by atoms with Gasteiger partial charge in [0.15, 0.2) is 0 Å². The molecule has 0 amide bonds. The molecule has 0 radical (unpaired) electrons. The van der Waals surface area contributed by atoms with Gasteiger partial charge in [0.1, 0.15) is 0 Å². The Morgan fingerprint density at radius 2 is 1.89 bits per heavy atom. The van der Waals surface area contributed by atoms with E-state index in [9.17, 15) is 9.90 Å². The average molecular weight is 264 g/mol. The molecule has 3 aliphatic carbocycles. The lowest BCUT2D eigenvalue weighted by Crippen LogP contribution is -2.55. The maximum Gasteiger partial charge on any atom is 0.303 e. The molecule has 3 rings (SSSR count). The number of rotatable bonds is 3. The first kappa shape index (κ1) is 14.6. The van der Waals surface area contributed by atoms with E-state index in [1.165, 1.54) is 17.6 Å². The van der Waals surface area contributed by atoms with E-state index in [4.69, 9.17) is 0 Å². The lowest BCUT2D eigenvalue weighted by molar-refractivity contribution is -0.144. The van der Waals surface area contributed by atoms with Crippen LogP contribution in [0.15, 0.2) is 11.1 Å². The van der Waals surface area contributed by atoms with Crippen LogP contribution in [0.25, 0.3) is 0 Å². The highest BCUT2D eigenvalue weighted by atomic mass is 16.4. The van der Waals surface area contributed by atoms with Gasteiger partial charge in [0.25, 0.3) is 0 Å². The van der Waals surface area contributed by atoms with Crippen LogP contribution in [-0.4, -0.2) is 11.1 Å². The summed E-state index contributed by atoms with van der Waals surface area (Å²) in [6.45, 7) is 13.7. The second kappa shape index (κ2) is 4.36. The van der Waals surface area contributed by atoms with Gasteiger partial charge in [-0.2, -0.15) is 0 Å². The number of aliphatic carboxylic acids is 1. The van der Waals surface area contributed by atoms with Crippen LogP contribution in [0.5, 0.6) is 0 Å². The van der Waals surface area contributed by atoms with Gasteiger partial charge in [-0.25, -0.2) is 0 Å². The molecule has 3 aliphatic rings. The molecule has 4 unspecified atom stereocenters. The van der Waals surface area contributed by atoms with Gasteiger partial charge in [0.05, 0.1) is 0 Å². The lowest BCUT2D eigenvalue weighted by atomic mass is 9.41. The van der Waals surface area contributed by atoms with Crippen LogP contribution in [0.3, 0.4) is 0 Å². The van der Waals surface area contributed by atoms with Crippen molar-refractivity contribution in [2.24, 2.45) is 28.6 Å². The van der Waals surface area contributed by atoms with Crippen molar-refractivity contribution in [1.29, 1.82) is 0 Å². The third-order valence-corrected chi connectivity index (χ3v) is 6.87. The van der Waals surface area contributed by atoms with Crippen LogP contribution >= 0.6 is 0 Å². The van der Waals surface area contributed by atoms with Crippen molar-refractivity contribution in [1.82, 2.24) is 0 Å². The molecular formula is C17H28O2. The van der Waals surface area contributed by atoms with E-state index in [0.717, 1.165) is 6.42 Å². The number of allylic oxidation sites excluding steroid dienone is 2. The summed E-state index contributed by atoms with van der Waals surface area (Å²) in [5, 5.41) is 9.33. The highest BCUT2D eigenvalue weighted by Gasteiger charge is 2.59. The molecule has 19 heavy (non-hydrogen) atoms. The predicted molar refractivity (Wildman–Crippen MR) is 77.9 cm³/mol. The fraction of sp³-hybridized carbons (Fsp3) is 0.824. The molecule has 0 spiro atoms. The normalized spacial score (nSPS) is 42.1. The van der Waals surface area contributed by atoms with Gasteiger partial charge in [0, 0.05) is 6.42 Å². The molecule has 2 heteroatoms. The summed E-state index contributed by atoms with van der Waals surface area (Å²) in [7, 11) is 0. The first-order valence-corrected chi connectivity index (χ1v) is 7.58. The van der Waals surface area contributed by atoms with E-state index < -0.39 is 5.97 Å². The van der Waals surface area contributed by atoms with Crippen LogP contribution in [0.1, 0.15) is 60.8 Å². The van der Waals surface area contributed by atoms with E-state index in [-0.39, 0.29) is 16.7 Å². The molecule has 0 aromatic heterocycles. The number of carboxylic acids is 1. The zero-order valence-electron chi connectivity index (χ0n) is 13.2. The molecule has 4 atom stereocenters. The minimum Gasteiger partial charge on any atom is -0.481 e. The number of fused-ring (bicyclic) bond motifs is 2. The van der Waals surface area contributed by atoms with Crippen LogP contribution < -0.4 is 0 Å². The van der Waals surface area contributed by atoms with E-state index in [1.807, 2.05) is 0 Å². The van der Waals surface area contributed by atoms with Gasteiger partial charge in [-0.1, -0.05) is 38.8 Å². The number of carbonyl (C=O) groups is 1. The third-order valence-electron chi connectivity index (χ3n) is 6.87. The molecule has 0 aromatic carbocycles. The van der Waals surface area contributed by atoms with Crippen molar-refractivity contribution in [3.63, 3.8) is 0 Å². The lowest BCUT2D eigenvalue weighted by Gasteiger charge is -2.63. The molecule has 1 fully saturated rings. The van der Waals surface area contributed by atoms with E-state index in [0.29, 0.717) is 18.3 Å². The summed E-state index contributed by atoms with van der Waals surface area (Å²) < 4.78 is 0. The Labute approximate surface area is 117 Å². The molecule has 0 saturated heterocycles. The van der Waals surface area contributed by atoms with E-state index in [2.05, 4.69) is 41.5 Å². The van der Waals surface area contributed by atoms with Gasteiger partial charge >= 0.3 is 5.97 Å². The Morgan fingerprint density at radius 1 is 1.32 bits per heavy atom. The second-order valence-electron chi connectivity index (χ2n) is 7.36. The molecule has 2 bridgehead atoms. The van der Waals surface area contributed by atoms with Crippen molar-refractivity contribution in [3.05, 3.63) is 11.1 Å². The third kappa shape index (κ3) is 1.71. The molecule has 0 heterocycles. The number of hydrogen-bond acceptors (Lipinski definition) is 1. The number of hydrogen-bond donors (Lipinski definition) is 1. The Balaban J connectivity index is 2.60. The second-order valence-corrected chi connectivity index (χ2v) is 7.36. The fourth-order valence-electron chi connectivity index (χ4n) is 5.24. The summed E-state index contributed by atoms with van der Waals surface area (Å²) >= 11 is 0. The number of carboxylic acid groups (broad SMARTS) is 1. The quantitative estimate of drug-likeness (QED) is 0.762. The molecular weight excluding hydrogens is 236 g/mol. The van der Waals surface area contributed by atoms with Crippen molar-refractivity contribution >= 4 is 5.97 Å². The Bertz CT molecular complexity index is 435. The van der Waals surface area contributed by atoms with Gasteiger partial charge in [-0.3, -0.25) is 4.79 Å². The maximum absolute atomic E-state index is 11.3. The Hall–Kier alpha value is -0.790. The molecule has 0 aliphatic heterocycles. The Kier molecular flexibility index (Phi) is 3.35. The monoisotopic (exact) mass is 264 g/mol. The van der Waals surface area contributed by atoms with Crippen LogP contribution in [-0.2, 0) is 4.79 Å². The topological polar surface area (TPSA) is 37.3 Å². The minimum absolute atomic E-state index is 0.111. The first-order valence-electron chi connectivity index (χ1n) is 7.58. The molecule has 1 N–H and O–H groups in total. The average Bonchev–Trinajstić information content (AvgIpc) is 2.31. The SMILES string of the molecule is CC1=C(C)C2(C(C)C)CCC1(C)C(C)C2CC(=O)O. The van der Waals surface area contributed by atoms with Crippen LogP contribution in [0, 0.1) is 28.6 Å². The van der Waals surface area contributed by atoms with Crippen LogP contribution in [0.2, 0.25) is 0 Å². The molecule has 2 nitrogen and oxygen atoms in total. The predicted octanol–water partition coefficient (Wildman–Crippen LogP) is 4.51. The summed E-state index contributed by atoms with van der Waals surface area (Å²) in [5.74, 6) is 0.619. The summed E-state index contributed by atoms with van der Waals surface area (Å²) in [5.41, 5.74) is 3.34. The minimum atomic E-state index is -0.640. The summed E-state index contributed by atoms with van der Waals surface area (Å²) in [4.78, 5) is 11.3. The highest BCUT2D eigenvalue weighted by molar-refractivity contribution is 5.67. The van der Waals surface area contributed by atoms with Crippen molar-refractivity contribution in [2.45, 2.75) is 60.8 Å². The van der Waals surface area contributed by atoms with Crippen molar-refractivity contribution in [2.75, 3.05) is 0 Å². The van der Waals surface area contributed by atoms with Gasteiger partial charge < -0.3 is 5.11 Å². The van der Waals surface area contributed by atoms with Gasteiger partial charge in [0.2, 0.25) is 0 Å². The van der Waals surface area contributed by atoms with Crippen molar-refractivity contribution in [3.8, 4) is 0 Å². The largest absolute Gasteiger partial charge is 0.481 e. The van der Waals surface area contributed by atoms with Crippen molar-refractivity contribution < 1.29 is 9.90 Å². The van der Waals surface area contributed by atoms with E-state index >= 15 is 0 Å². The zero-order chi connectivity index (χ0) is 14.6. The first-order chi connectivity index (χ1) is 8.68. The van der Waals surface area contributed by atoms with Crippen LogP contribution in [0.4, 0.5) is 0 Å². The summed E-state index contributed by atoms with van der Waals surface area (Å²) in [6.07, 6.45) is 2.69. The van der Waals surface area contributed by atoms with E-state index in [1.54, 1.807) is 0 Å². The Morgan fingerprint density at radius 3 is 2.37 bits per heavy atom. The fourth-order valence-corrected chi connectivity index (χ4v) is 5.24. The molecule has 1 saturated carbocycles. The smallest absolute Gasteiger partial charge is 0.303 e. The van der Waals surface area contributed by atoms with Gasteiger partial charge in [-0.05, 0) is 55.3 Å². The van der Waals surface area contributed by atoms with Gasteiger partial charge in [-0.15, -0.1) is 0 Å². The molecule has 0 aromatic rings. The zero-order valence-corrected chi connectivity index (χ0v) is 13.2. The molecule has 108 valence electrons.